The first kappa shape index (κ1) is 19.4. The minimum Gasteiger partial charge on any atom is -0.399 e. The van der Waals surface area contributed by atoms with E-state index in [0.717, 1.165) is 10.6 Å². The molecule has 14 heteroatoms. The average Bonchev–Trinajstić information content (AvgIpc) is 3.42. The number of halogens is 6. The van der Waals surface area contributed by atoms with Crippen molar-refractivity contribution in [3.63, 3.8) is 0 Å². The van der Waals surface area contributed by atoms with Crippen molar-refractivity contribution in [1.82, 2.24) is 29.8 Å². The second-order valence-electron chi connectivity index (χ2n) is 6.82. The van der Waals surface area contributed by atoms with Crippen LogP contribution < -0.4 is 4.90 Å². The number of anilines is 1. The molecular weight excluding hydrogens is 432 g/mol. The Kier molecular flexibility index (Phi) is 4.04. The van der Waals surface area contributed by atoms with E-state index in [1.54, 1.807) is 0 Å². The number of rotatable bonds is 2. The Hall–Kier alpha value is -3.58. The summed E-state index contributed by atoms with van der Waals surface area (Å²) in [6.07, 6.45) is -6.33. The van der Waals surface area contributed by atoms with Crippen LogP contribution in [0, 0.1) is 0 Å². The van der Waals surface area contributed by atoms with Gasteiger partial charge in [0.25, 0.3) is 0 Å². The largest absolute Gasteiger partial charge is 0.470 e. The molecular formula is C17H11F6N7O. The second-order valence-corrected chi connectivity index (χ2v) is 6.82. The lowest BCUT2D eigenvalue weighted by atomic mass is 10.00. The van der Waals surface area contributed by atoms with E-state index in [-0.39, 0.29) is 17.8 Å². The number of alkyl halides is 6. The zero-order valence-corrected chi connectivity index (χ0v) is 15.2. The van der Waals surface area contributed by atoms with Crippen molar-refractivity contribution in [1.29, 1.82) is 0 Å². The highest BCUT2D eigenvalue weighted by atomic mass is 19.4. The zero-order chi connectivity index (χ0) is 22.0. The van der Waals surface area contributed by atoms with Crippen LogP contribution in [-0.4, -0.2) is 36.3 Å². The zero-order valence-electron chi connectivity index (χ0n) is 15.2. The van der Waals surface area contributed by atoms with Gasteiger partial charge in [0, 0.05) is 24.9 Å². The Balaban J connectivity index is 1.65. The summed E-state index contributed by atoms with van der Waals surface area (Å²) in [6, 6.07) is 1.99. The van der Waals surface area contributed by atoms with Gasteiger partial charge < -0.3 is 14.3 Å². The minimum atomic E-state index is -4.83. The van der Waals surface area contributed by atoms with E-state index in [0.29, 0.717) is 17.8 Å². The Morgan fingerprint density at radius 2 is 1.90 bits per heavy atom. The van der Waals surface area contributed by atoms with E-state index in [2.05, 4.69) is 25.3 Å². The molecule has 4 aromatic rings. The molecule has 4 aromatic heterocycles. The van der Waals surface area contributed by atoms with Crippen LogP contribution >= 0.6 is 0 Å². The molecule has 1 N–H and O–H groups in total. The molecule has 162 valence electrons. The third-order valence-electron chi connectivity index (χ3n) is 4.93. The molecule has 0 bridgehead atoms. The number of pyridine rings is 1. The van der Waals surface area contributed by atoms with Gasteiger partial charge in [0.1, 0.15) is 6.04 Å². The fraction of sp³-hybridized carbons (Fsp3) is 0.294. The molecule has 1 atom stereocenters. The first-order valence-electron chi connectivity index (χ1n) is 8.88. The number of nitrogens with one attached hydrogen (secondary N) is 1. The van der Waals surface area contributed by atoms with Crippen LogP contribution in [0.4, 0.5) is 32.4 Å². The lowest BCUT2D eigenvalue weighted by molar-refractivity contribution is -0.157. The Bertz CT molecular complexity index is 1250. The summed E-state index contributed by atoms with van der Waals surface area (Å²) in [5.41, 5.74) is 0.126. The quantitative estimate of drug-likeness (QED) is 0.476. The monoisotopic (exact) mass is 443 g/mol. The summed E-state index contributed by atoms with van der Waals surface area (Å²) < 4.78 is 84.8. The Morgan fingerprint density at radius 3 is 2.61 bits per heavy atom. The molecule has 0 spiro atoms. The van der Waals surface area contributed by atoms with Gasteiger partial charge in [0.2, 0.25) is 0 Å². The van der Waals surface area contributed by atoms with E-state index >= 15 is 0 Å². The normalized spacial score (nSPS) is 17.4. The average molecular weight is 443 g/mol. The van der Waals surface area contributed by atoms with Gasteiger partial charge in [0.15, 0.2) is 0 Å². The molecule has 5 heterocycles. The molecule has 1 unspecified atom stereocenters. The van der Waals surface area contributed by atoms with Crippen LogP contribution in [0.15, 0.2) is 35.1 Å². The van der Waals surface area contributed by atoms with Crippen molar-refractivity contribution in [3.05, 3.63) is 59.3 Å². The van der Waals surface area contributed by atoms with Gasteiger partial charge in [-0.1, -0.05) is 5.10 Å². The molecule has 0 radical (unpaired) electrons. The molecule has 1 aliphatic rings. The fourth-order valence-corrected chi connectivity index (χ4v) is 3.64. The highest BCUT2D eigenvalue weighted by Crippen LogP contribution is 2.39. The lowest BCUT2D eigenvalue weighted by Crippen LogP contribution is -2.37. The second kappa shape index (κ2) is 6.46. The van der Waals surface area contributed by atoms with E-state index in [1.807, 2.05) is 0 Å². The highest BCUT2D eigenvalue weighted by molar-refractivity contribution is 5.58. The number of hydrogen-bond donors (Lipinski definition) is 1. The van der Waals surface area contributed by atoms with Crippen LogP contribution in [-0.2, 0) is 18.8 Å². The third-order valence-corrected chi connectivity index (χ3v) is 4.93. The molecule has 0 amide bonds. The maximum absolute atomic E-state index is 13.4. The van der Waals surface area contributed by atoms with Crippen molar-refractivity contribution in [2.24, 2.45) is 0 Å². The van der Waals surface area contributed by atoms with Crippen molar-refractivity contribution in [2.45, 2.75) is 24.8 Å². The predicted molar refractivity (Wildman–Crippen MR) is 91.0 cm³/mol. The van der Waals surface area contributed by atoms with E-state index < -0.39 is 35.9 Å². The molecule has 0 fully saturated rings. The Morgan fingerprint density at radius 1 is 1.10 bits per heavy atom. The Labute approximate surface area is 168 Å². The van der Waals surface area contributed by atoms with Gasteiger partial charge in [0.05, 0.1) is 28.8 Å². The molecule has 8 nitrogen and oxygen atoms in total. The SMILES string of the molecule is FC(F)(F)c1nnc(N2CCc3[nH]cnc3C2c2cc3c(C(F)(F)F)cccn3n2)o1. The smallest absolute Gasteiger partial charge is 0.399 e. The maximum Gasteiger partial charge on any atom is 0.470 e. The molecule has 0 aliphatic carbocycles. The van der Waals surface area contributed by atoms with Crippen molar-refractivity contribution in [3.8, 4) is 0 Å². The van der Waals surface area contributed by atoms with Crippen LogP contribution in [0.25, 0.3) is 5.52 Å². The number of nitrogens with zero attached hydrogens (tertiary/aromatic N) is 6. The van der Waals surface area contributed by atoms with Crippen molar-refractivity contribution >= 4 is 11.5 Å². The van der Waals surface area contributed by atoms with Crippen LogP contribution in [0.2, 0.25) is 0 Å². The van der Waals surface area contributed by atoms with Gasteiger partial charge in [-0.05, 0) is 18.2 Å². The van der Waals surface area contributed by atoms with E-state index in [1.165, 1.54) is 29.6 Å². The molecule has 5 rings (SSSR count). The number of aromatic nitrogens is 6. The standard InChI is InChI=1S/C17H11F6N7O/c18-16(19,20)8-2-1-4-30-11(8)6-10(28-30)13-12-9(24-7-25-12)3-5-29(13)15-27-26-14(31-15)17(21,22)23/h1-2,4,6-7,13H,3,5H2,(H,24,25). The number of fused-ring (bicyclic) bond motifs is 2. The maximum atomic E-state index is 13.4. The first-order valence-corrected chi connectivity index (χ1v) is 8.88. The van der Waals surface area contributed by atoms with E-state index in [4.69, 9.17) is 4.42 Å². The van der Waals surface area contributed by atoms with Crippen LogP contribution in [0.1, 0.15) is 34.6 Å². The summed E-state index contributed by atoms with van der Waals surface area (Å²) >= 11 is 0. The lowest BCUT2D eigenvalue weighted by Gasteiger charge is -2.32. The van der Waals surface area contributed by atoms with Crippen molar-refractivity contribution < 1.29 is 30.8 Å². The predicted octanol–water partition coefficient (Wildman–Crippen LogP) is 3.63. The number of imidazole rings is 1. The molecule has 0 saturated carbocycles. The van der Waals surface area contributed by atoms with Gasteiger partial charge in [-0.25, -0.2) is 9.50 Å². The summed E-state index contributed by atoms with van der Waals surface area (Å²) in [4.78, 5) is 8.48. The number of aromatic amines is 1. The highest BCUT2D eigenvalue weighted by Gasteiger charge is 2.42. The van der Waals surface area contributed by atoms with Gasteiger partial charge >= 0.3 is 24.3 Å². The number of H-pyrrole nitrogens is 1. The third kappa shape index (κ3) is 3.18. The van der Waals surface area contributed by atoms with Crippen LogP contribution in [0.3, 0.4) is 0 Å². The van der Waals surface area contributed by atoms with Gasteiger partial charge in [-0.2, -0.15) is 31.4 Å². The first-order chi connectivity index (χ1) is 14.6. The van der Waals surface area contributed by atoms with Gasteiger partial charge in [-0.3, -0.25) is 0 Å². The topological polar surface area (TPSA) is 88.1 Å². The molecule has 31 heavy (non-hydrogen) atoms. The molecule has 0 aromatic carbocycles. The van der Waals surface area contributed by atoms with Crippen LogP contribution in [0.5, 0.6) is 0 Å². The summed E-state index contributed by atoms with van der Waals surface area (Å²) in [5, 5.41) is 10.8. The summed E-state index contributed by atoms with van der Waals surface area (Å²) in [7, 11) is 0. The van der Waals surface area contributed by atoms with E-state index in [9.17, 15) is 26.3 Å². The number of hydrogen-bond acceptors (Lipinski definition) is 6. The molecule has 1 aliphatic heterocycles. The van der Waals surface area contributed by atoms with Crippen molar-refractivity contribution in [2.75, 3.05) is 11.4 Å². The summed E-state index contributed by atoms with van der Waals surface area (Å²) in [5.74, 6) is -1.52. The minimum absolute atomic E-state index is 0.136. The fourth-order valence-electron chi connectivity index (χ4n) is 3.64. The molecule has 0 saturated heterocycles. The summed E-state index contributed by atoms with van der Waals surface area (Å²) in [6.45, 7) is 0.152. The van der Waals surface area contributed by atoms with Gasteiger partial charge in [-0.15, -0.1) is 5.10 Å².